The monoisotopic (exact) mass is 544 g/mol. The SMILES string of the molecule is CC(C)CC(CP(=O)(O)OC1OC(O)C(O)C(O)C1O)C(=O)NC(CC1=C2C=CC=CC2N=C1)C(=O)O. The molecule has 14 heteroatoms. The van der Waals surface area contributed by atoms with E-state index in [9.17, 15) is 44.6 Å². The fourth-order valence-electron chi connectivity index (χ4n) is 4.32. The van der Waals surface area contributed by atoms with Crippen LogP contribution in [0.4, 0.5) is 0 Å². The lowest BCUT2D eigenvalue weighted by Gasteiger charge is -2.38. The van der Waals surface area contributed by atoms with Gasteiger partial charge in [-0.15, -0.1) is 0 Å². The third kappa shape index (κ3) is 7.43. The van der Waals surface area contributed by atoms with E-state index in [2.05, 4.69) is 10.3 Å². The van der Waals surface area contributed by atoms with E-state index in [-0.39, 0.29) is 24.8 Å². The normalized spacial score (nSPS) is 32.2. The summed E-state index contributed by atoms with van der Waals surface area (Å²) in [7, 11) is -4.70. The highest BCUT2D eigenvalue weighted by molar-refractivity contribution is 7.52. The third-order valence-corrected chi connectivity index (χ3v) is 7.63. The first-order valence-electron chi connectivity index (χ1n) is 11.8. The number of hydrogen-bond donors (Lipinski definition) is 7. The maximum Gasteiger partial charge on any atom is 0.331 e. The number of carboxylic acid groups (broad SMARTS) is 1. The minimum Gasteiger partial charge on any atom is -0.480 e. The van der Waals surface area contributed by atoms with Gasteiger partial charge in [0.05, 0.1) is 12.2 Å². The van der Waals surface area contributed by atoms with Crippen LogP contribution in [0.3, 0.4) is 0 Å². The van der Waals surface area contributed by atoms with E-state index in [1.807, 2.05) is 18.2 Å². The summed E-state index contributed by atoms with van der Waals surface area (Å²) in [5, 5.41) is 51.1. The first-order valence-corrected chi connectivity index (χ1v) is 13.6. The average Bonchev–Trinajstić information content (AvgIpc) is 3.22. The molecule has 9 atom stereocenters. The number of aliphatic imine (C=N–C) groups is 1. The Kier molecular flexibility index (Phi) is 9.59. The second kappa shape index (κ2) is 12.1. The molecule has 0 aromatic carbocycles. The number of hydrogen-bond acceptors (Lipinski definition) is 10. The molecule has 13 nitrogen and oxygen atoms in total. The van der Waals surface area contributed by atoms with Gasteiger partial charge in [-0.1, -0.05) is 38.2 Å². The maximum atomic E-state index is 13.1. The van der Waals surface area contributed by atoms with Gasteiger partial charge in [-0.25, -0.2) is 4.79 Å². The van der Waals surface area contributed by atoms with Crippen molar-refractivity contribution in [2.24, 2.45) is 16.8 Å². The van der Waals surface area contributed by atoms with E-state index in [0.29, 0.717) is 5.57 Å². The van der Waals surface area contributed by atoms with Crippen molar-refractivity contribution in [3.63, 3.8) is 0 Å². The minimum absolute atomic E-state index is 0.0452. The number of carboxylic acids is 1. The van der Waals surface area contributed by atoms with Gasteiger partial charge in [0.25, 0.3) is 0 Å². The van der Waals surface area contributed by atoms with Crippen LogP contribution in [0, 0.1) is 11.8 Å². The van der Waals surface area contributed by atoms with E-state index in [1.165, 1.54) is 0 Å². The van der Waals surface area contributed by atoms with Crippen molar-refractivity contribution in [2.45, 2.75) is 69.7 Å². The van der Waals surface area contributed by atoms with E-state index in [0.717, 1.165) is 5.57 Å². The van der Waals surface area contributed by atoms with Crippen molar-refractivity contribution in [2.75, 3.05) is 6.16 Å². The molecular weight excluding hydrogens is 511 g/mol. The van der Waals surface area contributed by atoms with Crippen LogP contribution in [0.25, 0.3) is 0 Å². The number of aliphatic hydroxyl groups is 4. The van der Waals surface area contributed by atoms with Crippen LogP contribution in [0.15, 0.2) is 40.4 Å². The number of aliphatic hydroxyl groups excluding tert-OH is 4. The van der Waals surface area contributed by atoms with Crippen molar-refractivity contribution in [1.29, 1.82) is 0 Å². The molecule has 9 unspecified atom stereocenters. The van der Waals surface area contributed by atoms with Crippen molar-refractivity contribution >= 4 is 25.7 Å². The molecule has 3 rings (SSSR count). The summed E-state index contributed by atoms with van der Waals surface area (Å²) >= 11 is 0. The summed E-state index contributed by atoms with van der Waals surface area (Å²) in [6.07, 6.45) is -1.49. The van der Waals surface area contributed by atoms with E-state index in [1.54, 1.807) is 26.1 Å². The number of ether oxygens (including phenoxy) is 1. The second-order valence-electron chi connectivity index (χ2n) is 9.67. The Hall–Kier alpha value is -2.22. The number of fused-ring (bicyclic) bond motifs is 1. The van der Waals surface area contributed by atoms with Crippen molar-refractivity contribution in [3.05, 3.63) is 35.5 Å². The molecule has 7 N–H and O–H groups in total. The Balaban J connectivity index is 1.70. The zero-order valence-corrected chi connectivity index (χ0v) is 21.2. The number of aliphatic carboxylic acids is 1. The Morgan fingerprint density at radius 1 is 1.16 bits per heavy atom. The predicted octanol–water partition coefficient (Wildman–Crippen LogP) is -0.557. The van der Waals surface area contributed by atoms with Crippen molar-refractivity contribution < 1.29 is 53.8 Å². The number of rotatable bonds is 11. The van der Waals surface area contributed by atoms with Gasteiger partial charge in [-0.3, -0.25) is 18.9 Å². The first kappa shape index (κ1) is 29.3. The quantitative estimate of drug-likeness (QED) is 0.164. The molecule has 0 radical (unpaired) electrons. The van der Waals surface area contributed by atoms with Crippen LogP contribution in [-0.2, 0) is 23.4 Å². The summed E-state index contributed by atoms with van der Waals surface area (Å²) in [6, 6.07) is -1.53. The standard InChI is InChI=1S/C23H33N2O11P/c1-11(2)7-13(10-37(33,34)36-23-19(28)17(26)18(27)22(32)35-23)20(29)25-16(21(30)31)8-12-9-24-15-6-4-3-5-14(12)15/h3-6,9,11,13,15-19,22-23,26-28,32H,7-8,10H2,1-2H3,(H,25,29)(H,30,31)(H,33,34). The van der Waals surface area contributed by atoms with Crippen LogP contribution >= 0.6 is 7.60 Å². The van der Waals surface area contributed by atoms with E-state index < -0.39 is 68.5 Å². The number of nitrogens with one attached hydrogen (secondary N) is 1. The highest BCUT2D eigenvalue weighted by atomic mass is 31.2. The van der Waals surface area contributed by atoms with Gasteiger partial charge >= 0.3 is 13.6 Å². The van der Waals surface area contributed by atoms with Gasteiger partial charge in [0.2, 0.25) is 5.91 Å². The summed E-state index contributed by atoms with van der Waals surface area (Å²) in [4.78, 5) is 39.8. The molecule has 1 amide bonds. The molecule has 0 spiro atoms. The lowest BCUT2D eigenvalue weighted by Crippen LogP contribution is -2.58. The van der Waals surface area contributed by atoms with Crippen molar-refractivity contribution in [1.82, 2.24) is 5.32 Å². The number of carbonyl (C=O) groups excluding carboxylic acids is 1. The van der Waals surface area contributed by atoms with Crippen LogP contribution in [0.1, 0.15) is 26.7 Å². The van der Waals surface area contributed by atoms with Gasteiger partial charge in [-0.2, -0.15) is 0 Å². The summed E-state index contributed by atoms with van der Waals surface area (Å²) in [6.45, 7) is 3.54. The number of carbonyl (C=O) groups is 2. The molecule has 206 valence electrons. The number of allylic oxidation sites excluding steroid dienone is 2. The second-order valence-corrected chi connectivity index (χ2v) is 11.5. The molecule has 3 aliphatic rings. The number of amides is 1. The minimum atomic E-state index is -4.70. The fourth-order valence-corrected chi connectivity index (χ4v) is 5.77. The van der Waals surface area contributed by atoms with Gasteiger partial charge < -0.3 is 40.5 Å². The first-order chi connectivity index (χ1) is 17.3. The van der Waals surface area contributed by atoms with E-state index in [4.69, 9.17) is 9.26 Å². The van der Waals surface area contributed by atoms with Gasteiger partial charge in [0, 0.05) is 18.6 Å². The van der Waals surface area contributed by atoms with Gasteiger partial charge in [0.1, 0.15) is 24.4 Å². The maximum absolute atomic E-state index is 13.1. The molecular formula is C23H33N2O11P. The fraction of sp³-hybridized carbons (Fsp3) is 0.609. The molecule has 1 aliphatic carbocycles. The summed E-state index contributed by atoms with van der Waals surface area (Å²) < 4.78 is 22.6. The smallest absolute Gasteiger partial charge is 0.331 e. The summed E-state index contributed by atoms with van der Waals surface area (Å²) in [5.41, 5.74) is 1.48. The third-order valence-electron chi connectivity index (χ3n) is 6.19. The van der Waals surface area contributed by atoms with Gasteiger partial charge in [0.15, 0.2) is 12.6 Å². The average molecular weight is 544 g/mol. The Morgan fingerprint density at radius 3 is 2.51 bits per heavy atom. The summed E-state index contributed by atoms with van der Waals surface area (Å²) in [5.74, 6) is -3.35. The van der Waals surface area contributed by atoms with Crippen LogP contribution in [0.5, 0.6) is 0 Å². The largest absolute Gasteiger partial charge is 0.480 e. The molecule has 0 aromatic heterocycles. The Bertz CT molecular complexity index is 1040. The highest BCUT2D eigenvalue weighted by Crippen LogP contribution is 2.47. The molecule has 1 saturated heterocycles. The van der Waals surface area contributed by atoms with Gasteiger partial charge in [-0.05, 0) is 23.5 Å². The molecule has 0 saturated carbocycles. The highest BCUT2D eigenvalue weighted by Gasteiger charge is 2.47. The van der Waals surface area contributed by atoms with Crippen molar-refractivity contribution in [3.8, 4) is 0 Å². The topological polar surface area (TPSA) is 215 Å². The Labute approximate surface area is 213 Å². The number of nitrogens with zero attached hydrogens (tertiary/aromatic N) is 1. The van der Waals surface area contributed by atoms with Crippen LogP contribution < -0.4 is 5.32 Å². The van der Waals surface area contributed by atoms with E-state index >= 15 is 0 Å². The molecule has 37 heavy (non-hydrogen) atoms. The zero-order valence-electron chi connectivity index (χ0n) is 20.3. The Morgan fingerprint density at radius 2 is 1.86 bits per heavy atom. The predicted molar refractivity (Wildman–Crippen MR) is 129 cm³/mol. The molecule has 0 aromatic rings. The molecule has 2 heterocycles. The van der Waals surface area contributed by atoms with Crippen LogP contribution in [0.2, 0.25) is 0 Å². The lowest BCUT2D eigenvalue weighted by atomic mass is 9.95. The molecule has 2 aliphatic heterocycles. The van der Waals surface area contributed by atoms with Crippen LogP contribution in [-0.4, -0.2) is 97.7 Å². The zero-order chi connectivity index (χ0) is 27.5. The lowest BCUT2D eigenvalue weighted by molar-refractivity contribution is -0.322. The molecule has 1 fully saturated rings. The molecule has 0 bridgehead atoms.